The van der Waals surface area contributed by atoms with Crippen molar-refractivity contribution in [3.05, 3.63) is 59.8 Å². The van der Waals surface area contributed by atoms with Crippen LogP contribution in [0.3, 0.4) is 0 Å². The number of nitrogens with zero attached hydrogens (tertiary/aromatic N) is 5. The van der Waals surface area contributed by atoms with Gasteiger partial charge in [0.25, 0.3) is 0 Å². The minimum Gasteiger partial charge on any atom is -0.478 e. The third kappa shape index (κ3) is 3.27. The molecule has 0 amide bonds. The minimum absolute atomic E-state index is 0.218. The molecule has 0 saturated heterocycles. The van der Waals surface area contributed by atoms with E-state index in [1.165, 1.54) is 16.8 Å². The molecule has 0 bridgehead atoms. The Morgan fingerprint density at radius 3 is 2.61 bits per heavy atom. The molecule has 0 aliphatic heterocycles. The molecule has 23 heavy (non-hydrogen) atoms. The van der Waals surface area contributed by atoms with Crippen LogP contribution in [-0.4, -0.2) is 37.1 Å². The Kier molecular flexibility index (Phi) is 4.15. The average molecular weight is 325 g/mol. The number of pyridine rings is 1. The predicted octanol–water partition coefficient (Wildman–Crippen LogP) is 2.21. The van der Waals surface area contributed by atoms with E-state index in [1.807, 2.05) is 6.07 Å². The molecule has 0 aliphatic carbocycles. The number of aromatic nitrogens is 4. The Bertz CT molecular complexity index is 859. The summed E-state index contributed by atoms with van der Waals surface area (Å²) < 4.78 is 1.45. The molecule has 2 heterocycles. The van der Waals surface area contributed by atoms with Crippen molar-refractivity contribution in [2.45, 2.75) is 5.16 Å². The molecular formula is C15H11N5O2S. The summed E-state index contributed by atoms with van der Waals surface area (Å²) in [6.45, 7) is 0. The SMILES string of the molecule is O=C(O)c1ccc(C=Nn2c(S)nnc2-c2ccccn2)cc1. The van der Waals surface area contributed by atoms with E-state index in [-0.39, 0.29) is 5.56 Å². The normalized spacial score (nSPS) is 11.0. The first-order chi connectivity index (χ1) is 11.1. The molecule has 8 heteroatoms. The molecule has 2 aromatic heterocycles. The van der Waals surface area contributed by atoms with E-state index in [9.17, 15) is 4.79 Å². The van der Waals surface area contributed by atoms with Crippen LogP contribution in [0.4, 0.5) is 0 Å². The zero-order valence-electron chi connectivity index (χ0n) is 11.7. The predicted molar refractivity (Wildman–Crippen MR) is 86.9 cm³/mol. The highest BCUT2D eigenvalue weighted by molar-refractivity contribution is 7.80. The molecule has 0 atom stereocenters. The number of thiol groups is 1. The fraction of sp³-hybridized carbons (Fsp3) is 0. The lowest BCUT2D eigenvalue weighted by Gasteiger charge is -2.01. The van der Waals surface area contributed by atoms with Gasteiger partial charge in [0.2, 0.25) is 11.0 Å². The standard InChI is InChI=1S/C15H11N5O2S/c21-14(22)11-6-4-10(5-7-11)9-17-20-13(18-19-15(20)23)12-3-1-2-8-16-12/h1-9H,(H,19,23)(H,21,22). The first-order valence-electron chi connectivity index (χ1n) is 6.58. The number of hydrogen-bond donors (Lipinski definition) is 2. The van der Waals surface area contributed by atoms with Gasteiger partial charge in [-0.2, -0.15) is 9.78 Å². The molecule has 0 radical (unpaired) electrons. The maximum absolute atomic E-state index is 10.8. The third-order valence-electron chi connectivity index (χ3n) is 3.00. The number of hydrogen-bond acceptors (Lipinski definition) is 6. The molecule has 3 aromatic rings. The monoisotopic (exact) mass is 325 g/mol. The van der Waals surface area contributed by atoms with Crippen LogP contribution in [0.1, 0.15) is 15.9 Å². The second kappa shape index (κ2) is 6.41. The summed E-state index contributed by atoms with van der Waals surface area (Å²) in [5, 5.41) is 21.4. The van der Waals surface area contributed by atoms with E-state index >= 15 is 0 Å². The summed E-state index contributed by atoms with van der Waals surface area (Å²) in [7, 11) is 0. The van der Waals surface area contributed by atoms with Crippen LogP contribution in [0.5, 0.6) is 0 Å². The number of benzene rings is 1. The third-order valence-corrected chi connectivity index (χ3v) is 3.28. The van der Waals surface area contributed by atoms with Crippen molar-refractivity contribution in [1.29, 1.82) is 0 Å². The molecular weight excluding hydrogens is 314 g/mol. The van der Waals surface area contributed by atoms with Crippen molar-refractivity contribution < 1.29 is 9.90 Å². The maximum atomic E-state index is 10.8. The summed E-state index contributed by atoms with van der Waals surface area (Å²) in [5.74, 6) is -0.503. The Morgan fingerprint density at radius 1 is 1.17 bits per heavy atom. The summed E-state index contributed by atoms with van der Waals surface area (Å²) in [5.41, 5.74) is 1.58. The van der Waals surface area contributed by atoms with Gasteiger partial charge in [0.05, 0.1) is 11.8 Å². The van der Waals surface area contributed by atoms with Crippen molar-refractivity contribution in [1.82, 2.24) is 19.9 Å². The van der Waals surface area contributed by atoms with Crippen LogP contribution in [0, 0.1) is 0 Å². The first kappa shape index (κ1) is 14.9. The number of carbonyl (C=O) groups is 1. The Morgan fingerprint density at radius 2 is 1.96 bits per heavy atom. The van der Waals surface area contributed by atoms with E-state index in [0.29, 0.717) is 16.7 Å². The van der Waals surface area contributed by atoms with Gasteiger partial charge < -0.3 is 5.11 Å². The van der Waals surface area contributed by atoms with Gasteiger partial charge in [-0.05, 0) is 29.8 Å². The van der Waals surface area contributed by atoms with Crippen LogP contribution in [0.25, 0.3) is 11.5 Å². The van der Waals surface area contributed by atoms with E-state index in [1.54, 1.807) is 36.7 Å². The molecule has 1 N–H and O–H groups in total. The van der Waals surface area contributed by atoms with Gasteiger partial charge in [-0.25, -0.2) is 4.79 Å². The second-order valence-corrected chi connectivity index (χ2v) is 4.92. The molecule has 0 saturated carbocycles. The zero-order valence-corrected chi connectivity index (χ0v) is 12.6. The van der Waals surface area contributed by atoms with Gasteiger partial charge in [-0.1, -0.05) is 18.2 Å². The van der Waals surface area contributed by atoms with E-state index in [0.717, 1.165) is 5.56 Å². The molecule has 0 aliphatic rings. The molecule has 3 rings (SSSR count). The van der Waals surface area contributed by atoms with Crippen molar-refractivity contribution in [3.63, 3.8) is 0 Å². The first-order valence-corrected chi connectivity index (χ1v) is 7.03. The van der Waals surface area contributed by atoms with Gasteiger partial charge in [0, 0.05) is 6.20 Å². The Hall–Kier alpha value is -3.00. The fourth-order valence-corrected chi connectivity index (χ4v) is 2.06. The highest BCUT2D eigenvalue weighted by atomic mass is 32.1. The summed E-state index contributed by atoms with van der Waals surface area (Å²) in [4.78, 5) is 15.0. The highest BCUT2D eigenvalue weighted by Crippen LogP contribution is 2.17. The summed E-state index contributed by atoms with van der Waals surface area (Å²) in [6, 6.07) is 11.8. The number of carboxylic acids is 1. The molecule has 114 valence electrons. The van der Waals surface area contributed by atoms with Gasteiger partial charge in [0.1, 0.15) is 5.69 Å². The Balaban J connectivity index is 1.91. The fourth-order valence-electron chi connectivity index (χ4n) is 1.87. The molecule has 7 nitrogen and oxygen atoms in total. The molecule has 0 fully saturated rings. The lowest BCUT2D eigenvalue weighted by Crippen LogP contribution is -1.98. The second-order valence-electron chi connectivity index (χ2n) is 4.52. The van der Waals surface area contributed by atoms with E-state index in [2.05, 4.69) is 32.9 Å². The van der Waals surface area contributed by atoms with Gasteiger partial charge >= 0.3 is 5.97 Å². The van der Waals surface area contributed by atoms with Crippen LogP contribution in [-0.2, 0) is 0 Å². The summed E-state index contributed by atoms with van der Waals surface area (Å²) >= 11 is 4.23. The van der Waals surface area contributed by atoms with Crippen LogP contribution in [0.2, 0.25) is 0 Å². The van der Waals surface area contributed by atoms with Crippen molar-refractivity contribution >= 4 is 24.8 Å². The Labute approximate surface area is 136 Å². The number of rotatable bonds is 4. The smallest absolute Gasteiger partial charge is 0.335 e. The van der Waals surface area contributed by atoms with Crippen molar-refractivity contribution in [2.75, 3.05) is 0 Å². The minimum atomic E-state index is -0.970. The molecule has 1 aromatic carbocycles. The van der Waals surface area contributed by atoms with Crippen molar-refractivity contribution in [2.24, 2.45) is 5.10 Å². The average Bonchev–Trinajstić information content (AvgIpc) is 2.95. The topological polar surface area (TPSA) is 93.3 Å². The quantitative estimate of drug-likeness (QED) is 0.566. The van der Waals surface area contributed by atoms with E-state index in [4.69, 9.17) is 5.11 Å². The molecule has 0 spiro atoms. The van der Waals surface area contributed by atoms with Crippen molar-refractivity contribution in [3.8, 4) is 11.5 Å². The van der Waals surface area contributed by atoms with Gasteiger partial charge in [-0.3, -0.25) is 4.98 Å². The number of carboxylic acid groups (broad SMARTS) is 1. The highest BCUT2D eigenvalue weighted by Gasteiger charge is 2.11. The molecule has 0 unspecified atom stereocenters. The van der Waals surface area contributed by atoms with Crippen LogP contribution >= 0.6 is 12.6 Å². The van der Waals surface area contributed by atoms with Gasteiger partial charge in [0.15, 0.2) is 0 Å². The van der Waals surface area contributed by atoms with Gasteiger partial charge in [-0.15, -0.1) is 22.8 Å². The van der Waals surface area contributed by atoms with Crippen LogP contribution in [0.15, 0.2) is 58.9 Å². The van der Waals surface area contributed by atoms with Crippen LogP contribution < -0.4 is 0 Å². The maximum Gasteiger partial charge on any atom is 0.335 e. The lowest BCUT2D eigenvalue weighted by molar-refractivity contribution is 0.0697. The lowest BCUT2D eigenvalue weighted by atomic mass is 10.1. The summed E-state index contributed by atoms with van der Waals surface area (Å²) in [6.07, 6.45) is 3.22. The van der Waals surface area contributed by atoms with E-state index < -0.39 is 5.97 Å². The number of aromatic carboxylic acids is 1. The zero-order chi connectivity index (χ0) is 16.2. The largest absolute Gasteiger partial charge is 0.478 e.